The minimum absolute atomic E-state index is 0.127. The quantitative estimate of drug-likeness (QED) is 0.641. The van der Waals surface area contributed by atoms with E-state index in [-0.39, 0.29) is 16.6 Å². The van der Waals surface area contributed by atoms with E-state index in [2.05, 4.69) is 14.7 Å². The lowest BCUT2D eigenvalue weighted by atomic mass is 10.0. The van der Waals surface area contributed by atoms with Crippen LogP contribution in [0.15, 0.2) is 58.2 Å². The molecule has 0 bridgehead atoms. The first-order chi connectivity index (χ1) is 11.5. The topological polar surface area (TPSA) is 94.8 Å². The second-order valence-electron chi connectivity index (χ2n) is 5.66. The van der Waals surface area contributed by atoms with E-state index in [9.17, 15) is 13.2 Å². The maximum atomic E-state index is 12.7. The van der Waals surface area contributed by atoms with Gasteiger partial charge in [-0.3, -0.25) is 0 Å². The van der Waals surface area contributed by atoms with Crippen molar-refractivity contribution in [2.45, 2.75) is 30.7 Å². The molecule has 0 amide bonds. The zero-order valence-corrected chi connectivity index (χ0v) is 14.1. The smallest absolute Gasteiger partial charge is 0.306 e. The third-order valence-electron chi connectivity index (χ3n) is 3.87. The number of rotatable bonds is 6. The van der Waals surface area contributed by atoms with Crippen LogP contribution in [0, 0.1) is 0 Å². The lowest BCUT2D eigenvalue weighted by Crippen LogP contribution is -2.28. The van der Waals surface area contributed by atoms with Crippen molar-refractivity contribution in [1.29, 1.82) is 0 Å². The van der Waals surface area contributed by atoms with Gasteiger partial charge in [0.25, 0.3) is 0 Å². The van der Waals surface area contributed by atoms with E-state index < -0.39 is 10.0 Å². The van der Waals surface area contributed by atoms with Crippen molar-refractivity contribution in [3.8, 4) is 0 Å². The van der Waals surface area contributed by atoms with Crippen molar-refractivity contribution in [2.75, 3.05) is 0 Å². The Morgan fingerprint density at radius 3 is 2.46 bits per heavy atom. The fourth-order valence-electron chi connectivity index (χ4n) is 2.70. The summed E-state index contributed by atoms with van der Waals surface area (Å²) in [5, 5.41) is 0. The molecule has 0 aliphatic carbocycles. The van der Waals surface area contributed by atoms with Crippen molar-refractivity contribution in [1.82, 2.24) is 14.7 Å². The van der Waals surface area contributed by atoms with Gasteiger partial charge in [0, 0.05) is 6.04 Å². The van der Waals surface area contributed by atoms with Crippen molar-refractivity contribution >= 4 is 21.1 Å². The van der Waals surface area contributed by atoms with Crippen molar-refractivity contribution in [3.63, 3.8) is 0 Å². The molecule has 24 heavy (non-hydrogen) atoms. The van der Waals surface area contributed by atoms with E-state index >= 15 is 0 Å². The Labute approximate surface area is 140 Å². The standard InChI is InChI=1S/C17H19N3O3S/c1-2-6-14(12-7-4-3-5-8-12)20-24(22,23)13-9-10-15-16(11-13)19-17(21)18-15/h3-5,7-11,14,20H,2,6H2,1H3,(H2,18,19,21)/t14-/m1/s1. The van der Waals surface area contributed by atoms with Crippen LogP contribution in [-0.2, 0) is 10.0 Å². The summed E-state index contributed by atoms with van der Waals surface area (Å²) in [5.41, 5.74) is 1.61. The van der Waals surface area contributed by atoms with Gasteiger partial charge in [0.15, 0.2) is 0 Å². The number of H-pyrrole nitrogens is 2. The summed E-state index contributed by atoms with van der Waals surface area (Å²) < 4.78 is 28.2. The first-order valence-electron chi connectivity index (χ1n) is 7.79. The minimum Gasteiger partial charge on any atom is -0.306 e. The molecule has 0 aliphatic rings. The average Bonchev–Trinajstić information content (AvgIpc) is 2.94. The summed E-state index contributed by atoms with van der Waals surface area (Å²) in [5.74, 6) is 0. The van der Waals surface area contributed by atoms with Crippen LogP contribution in [-0.4, -0.2) is 18.4 Å². The molecule has 3 aromatic rings. The second-order valence-corrected chi connectivity index (χ2v) is 7.37. The highest BCUT2D eigenvalue weighted by molar-refractivity contribution is 7.89. The number of nitrogens with one attached hydrogen (secondary N) is 3. The number of benzene rings is 2. The zero-order valence-electron chi connectivity index (χ0n) is 13.2. The summed E-state index contributed by atoms with van der Waals surface area (Å²) in [6.07, 6.45) is 1.55. The van der Waals surface area contributed by atoms with Crippen LogP contribution >= 0.6 is 0 Å². The lowest BCUT2D eigenvalue weighted by molar-refractivity contribution is 0.536. The van der Waals surface area contributed by atoms with E-state index in [1.807, 2.05) is 37.3 Å². The van der Waals surface area contributed by atoms with Gasteiger partial charge in [0.05, 0.1) is 15.9 Å². The SMILES string of the molecule is CCC[C@@H](NS(=O)(=O)c1ccc2[nH]c(=O)[nH]c2c1)c1ccccc1. The molecule has 0 fully saturated rings. The number of fused-ring (bicyclic) bond motifs is 1. The Morgan fingerprint density at radius 1 is 1.04 bits per heavy atom. The summed E-state index contributed by atoms with van der Waals surface area (Å²) in [7, 11) is -3.70. The fraction of sp³-hybridized carbons (Fsp3) is 0.235. The van der Waals surface area contributed by atoms with Gasteiger partial charge in [-0.1, -0.05) is 43.7 Å². The molecule has 0 saturated heterocycles. The number of aromatic amines is 2. The Bertz CT molecular complexity index is 991. The molecule has 7 heteroatoms. The Balaban J connectivity index is 1.94. The van der Waals surface area contributed by atoms with Crippen LogP contribution in [0.25, 0.3) is 11.0 Å². The molecular weight excluding hydrogens is 326 g/mol. The first kappa shape index (κ1) is 16.5. The summed E-state index contributed by atoms with van der Waals surface area (Å²) in [6.45, 7) is 2.01. The summed E-state index contributed by atoms with van der Waals surface area (Å²) in [6, 6.07) is 13.8. The molecule has 0 saturated carbocycles. The van der Waals surface area contributed by atoms with Gasteiger partial charge in [0.1, 0.15) is 0 Å². The van der Waals surface area contributed by atoms with Crippen molar-refractivity contribution in [3.05, 3.63) is 64.6 Å². The van der Waals surface area contributed by atoms with Gasteiger partial charge >= 0.3 is 5.69 Å². The molecule has 1 heterocycles. The highest BCUT2D eigenvalue weighted by Gasteiger charge is 2.21. The van der Waals surface area contributed by atoms with Crippen LogP contribution in [0.3, 0.4) is 0 Å². The predicted octanol–water partition coefficient (Wildman–Crippen LogP) is 2.68. The second kappa shape index (κ2) is 6.62. The maximum absolute atomic E-state index is 12.7. The Hall–Kier alpha value is -2.38. The number of aromatic nitrogens is 2. The summed E-state index contributed by atoms with van der Waals surface area (Å²) in [4.78, 5) is 16.6. The monoisotopic (exact) mass is 345 g/mol. The molecule has 0 unspecified atom stereocenters. The Kier molecular flexibility index (Phi) is 4.55. The molecule has 1 aromatic heterocycles. The van der Waals surface area contributed by atoms with Crippen LogP contribution in [0.2, 0.25) is 0 Å². The number of sulfonamides is 1. The summed E-state index contributed by atoms with van der Waals surface area (Å²) >= 11 is 0. The molecule has 0 radical (unpaired) electrons. The van der Waals surface area contributed by atoms with E-state index in [0.717, 1.165) is 12.0 Å². The third kappa shape index (κ3) is 3.42. The third-order valence-corrected chi connectivity index (χ3v) is 5.34. The van der Waals surface area contributed by atoms with E-state index in [4.69, 9.17) is 0 Å². The predicted molar refractivity (Wildman–Crippen MR) is 93.3 cm³/mol. The minimum atomic E-state index is -3.70. The lowest BCUT2D eigenvalue weighted by Gasteiger charge is -2.18. The molecule has 0 spiro atoms. The molecule has 3 rings (SSSR count). The van der Waals surface area contributed by atoms with Crippen molar-refractivity contribution < 1.29 is 8.42 Å². The van der Waals surface area contributed by atoms with Gasteiger partial charge in [-0.15, -0.1) is 0 Å². The molecule has 6 nitrogen and oxygen atoms in total. The highest BCUT2D eigenvalue weighted by atomic mass is 32.2. The highest BCUT2D eigenvalue weighted by Crippen LogP contribution is 2.22. The zero-order chi connectivity index (χ0) is 17.2. The normalized spacial score (nSPS) is 13.2. The van der Waals surface area contributed by atoms with Gasteiger partial charge in [-0.25, -0.2) is 17.9 Å². The molecular formula is C17H19N3O3S. The van der Waals surface area contributed by atoms with E-state index in [0.29, 0.717) is 17.5 Å². The van der Waals surface area contributed by atoms with Gasteiger partial charge in [-0.2, -0.15) is 0 Å². The van der Waals surface area contributed by atoms with Crippen LogP contribution in [0.1, 0.15) is 31.4 Å². The molecule has 1 atom stereocenters. The Morgan fingerprint density at radius 2 is 1.75 bits per heavy atom. The molecule has 2 aromatic carbocycles. The van der Waals surface area contributed by atoms with E-state index in [1.165, 1.54) is 12.1 Å². The number of hydrogen-bond donors (Lipinski definition) is 3. The van der Waals surface area contributed by atoms with Gasteiger partial charge < -0.3 is 9.97 Å². The fourth-order valence-corrected chi connectivity index (χ4v) is 3.99. The molecule has 126 valence electrons. The molecule has 0 aliphatic heterocycles. The average molecular weight is 345 g/mol. The number of imidazole rings is 1. The van der Waals surface area contributed by atoms with E-state index in [1.54, 1.807) is 6.07 Å². The maximum Gasteiger partial charge on any atom is 0.323 e. The van der Waals surface area contributed by atoms with Crippen LogP contribution < -0.4 is 10.4 Å². The first-order valence-corrected chi connectivity index (χ1v) is 9.27. The molecule has 3 N–H and O–H groups in total. The van der Waals surface area contributed by atoms with Crippen LogP contribution in [0.5, 0.6) is 0 Å². The van der Waals surface area contributed by atoms with Crippen LogP contribution in [0.4, 0.5) is 0 Å². The largest absolute Gasteiger partial charge is 0.323 e. The number of hydrogen-bond acceptors (Lipinski definition) is 3. The van der Waals surface area contributed by atoms with Crippen molar-refractivity contribution in [2.24, 2.45) is 0 Å². The van der Waals surface area contributed by atoms with Gasteiger partial charge in [0.2, 0.25) is 10.0 Å². The van der Waals surface area contributed by atoms with Gasteiger partial charge in [-0.05, 0) is 30.2 Å².